The van der Waals surface area contributed by atoms with Gasteiger partial charge in [0.2, 0.25) is 11.8 Å². The average Bonchev–Trinajstić information content (AvgIpc) is 3.34. The molecule has 1 fully saturated rings. The van der Waals surface area contributed by atoms with Crippen molar-refractivity contribution in [1.29, 1.82) is 0 Å². The number of hydrogen-bond donors (Lipinski definition) is 1. The first-order valence-electron chi connectivity index (χ1n) is 10.6. The van der Waals surface area contributed by atoms with Crippen molar-refractivity contribution < 1.29 is 9.59 Å². The summed E-state index contributed by atoms with van der Waals surface area (Å²) in [5.74, 6) is 0.0567. The molecule has 2 amide bonds. The summed E-state index contributed by atoms with van der Waals surface area (Å²) in [6, 6.07) is 16.3. The molecule has 1 aromatic carbocycles. The summed E-state index contributed by atoms with van der Waals surface area (Å²) in [6.07, 6.45) is 5.94. The van der Waals surface area contributed by atoms with Gasteiger partial charge in [0.15, 0.2) is 0 Å². The largest absolute Gasteiger partial charge is 0.359 e. The van der Waals surface area contributed by atoms with E-state index in [1.54, 1.807) is 30.8 Å². The monoisotopic (exact) mass is 433 g/mol. The van der Waals surface area contributed by atoms with Crippen LogP contribution in [0.15, 0.2) is 66.3 Å². The molecule has 2 aromatic heterocycles. The van der Waals surface area contributed by atoms with Crippen molar-refractivity contribution in [2.75, 3.05) is 20.1 Å². The standard InChI is InChI=1S/C25H27N3O2S/c1-26-24(30)25(16-19-6-2-8-21(14-19)22-9-4-13-31-22)10-5-12-28(18-25)23(29)15-20-7-3-11-27-17-20/h2-4,6-9,11,13-14,17H,5,10,12,15-16,18H2,1H3,(H,26,30)/t25-/m0/s1. The molecule has 1 saturated heterocycles. The highest BCUT2D eigenvalue weighted by Gasteiger charge is 2.43. The number of piperidine rings is 1. The van der Waals surface area contributed by atoms with Gasteiger partial charge in [-0.3, -0.25) is 14.6 Å². The maximum absolute atomic E-state index is 13.1. The molecule has 160 valence electrons. The predicted molar refractivity (Wildman–Crippen MR) is 124 cm³/mol. The van der Waals surface area contributed by atoms with E-state index in [1.807, 2.05) is 23.1 Å². The van der Waals surface area contributed by atoms with Gasteiger partial charge in [0.05, 0.1) is 11.8 Å². The maximum atomic E-state index is 13.1. The second kappa shape index (κ2) is 9.43. The average molecular weight is 434 g/mol. The molecule has 0 unspecified atom stereocenters. The molecule has 0 aliphatic carbocycles. The summed E-state index contributed by atoms with van der Waals surface area (Å²) in [6.45, 7) is 1.13. The number of carbonyl (C=O) groups excluding carboxylic acids is 2. The van der Waals surface area contributed by atoms with Crippen LogP contribution in [0.4, 0.5) is 0 Å². The number of hydrogen-bond acceptors (Lipinski definition) is 4. The number of aromatic nitrogens is 1. The summed E-state index contributed by atoms with van der Waals surface area (Å²) in [4.78, 5) is 33.2. The highest BCUT2D eigenvalue weighted by Crippen LogP contribution is 2.36. The maximum Gasteiger partial charge on any atom is 0.228 e. The third-order valence-corrected chi connectivity index (χ3v) is 6.91. The third-order valence-electron chi connectivity index (χ3n) is 5.99. The molecule has 5 nitrogen and oxygen atoms in total. The number of likely N-dealkylation sites (tertiary alicyclic amines) is 1. The van der Waals surface area contributed by atoms with Crippen molar-refractivity contribution in [1.82, 2.24) is 15.2 Å². The molecule has 0 spiro atoms. The molecule has 4 rings (SSSR count). The minimum Gasteiger partial charge on any atom is -0.359 e. The molecule has 0 saturated carbocycles. The molecule has 0 radical (unpaired) electrons. The van der Waals surface area contributed by atoms with E-state index in [2.05, 4.69) is 46.0 Å². The number of nitrogens with zero attached hydrogens (tertiary/aromatic N) is 2. The zero-order valence-corrected chi connectivity index (χ0v) is 18.5. The number of amides is 2. The lowest BCUT2D eigenvalue weighted by Gasteiger charge is -2.41. The van der Waals surface area contributed by atoms with Gasteiger partial charge in [0.1, 0.15) is 0 Å². The smallest absolute Gasteiger partial charge is 0.228 e. The first-order valence-corrected chi connectivity index (χ1v) is 11.5. The van der Waals surface area contributed by atoms with Gasteiger partial charge in [-0.05, 0) is 53.5 Å². The van der Waals surface area contributed by atoms with Crippen LogP contribution in [0.25, 0.3) is 10.4 Å². The Kier molecular flexibility index (Phi) is 6.47. The van der Waals surface area contributed by atoms with Gasteiger partial charge in [0.25, 0.3) is 0 Å². The normalized spacial score (nSPS) is 18.5. The zero-order valence-electron chi connectivity index (χ0n) is 17.7. The van der Waals surface area contributed by atoms with E-state index in [-0.39, 0.29) is 11.8 Å². The number of carbonyl (C=O) groups is 2. The van der Waals surface area contributed by atoms with Crippen molar-refractivity contribution in [2.45, 2.75) is 25.7 Å². The highest BCUT2D eigenvalue weighted by atomic mass is 32.1. The summed E-state index contributed by atoms with van der Waals surface area (Å²) < 4.78 is 0. The van der Waals surface area contributed by atoms with Crippen LogP contribution in [0.5, 0.6) is 0 Å². The topological polar surface area (TPSA) is 62.3 Å². The zero-order chi connectivity index (χ0) is 21.7. The van der Waals surface area contributed by atoms with E-state index < -0.39 is 5.41 Å². The molecule has 0 bridgehead atoms. The first kappa shape index (κ1) is 21.2. The van der Waals surface area contributed by atoms with E-state index in [9.17, 15) is 9.59 Å². The van der Waals surface area contributed by atoms with Crippen LogP contribution in [0.1, 0.15) is 24.0 Å². The number of thiophene rings is 1. The Morgan fingerprint density at radius 1 is 1.16 bits per heavy atom. The lowest BCUT2D eigenvalue weighted by molar-refractivity contribution is -0.141. The van der Waals surface area contributed by atoms with Crippen LogP contribution >= 0.6 is 11.3 Å². The van der Waals surface area contributed by atoms with Gasteiger partial charge in [-0.1, -0.05) is 36.4 Å². The van der Waals surface area contributed by atoms with Crippen molar-refractivity contribution in [3.8, 4) is 10.4 Å². The summed E-state index contributed by atoms with van der Waals surface area (Å²) in [5.41, 5.74) is 2.56. The summed E-state index contributed by atoms with van der Waals surface area (Å²) in [7, 11) is 1.68. The van der Waals surface area contributed by atoms with E-state index in [1.165, 1.54) is 10.4 Å². The van der Waals surface area contributed by atoms with Gasteiger partial charge in [-0.2, -0.15) is 0 Å². The Labute approximate surface area is 187 Å². The number of pyridine rings is 1. The van der Waals surface area contributed by atoms with E-state index in [0.717, 1.165) is 24.0 Å². The second-order valence-corrected chi connectivity index (χ2v) is 9.12. The van der Waals surface area contributed by atoms with Crippen molar-refractivity contribution in [3.63, 3.8) is 0 Å². The molecular formula is C25H27N3O2S. The SMILES string of the molecule is CNC(=O)[C@]1(Cc2cccc(-c3cccs3)c2)CCCN(C(=O)Cc2cccnc2)C1. The van der Waals surface area contributed by atoms with Crippen LogP contribution in [0, 0.1) is 5.41 Å². The minimum absolute atomic E-state index is 0.00732. The van der Waals surface area contributed by atoms with Gasteiger partial charge in [-0.15, -0.1) is 11.3 Å². The Morgan fingerprint density at radius 3 is 2.77 bits per heavy atom. The highest BCUT2D eigenvalue weighted by molar-refractivity contribution is 7.13. The van der Waals surface area contributed by atoms with E-state index >= 15 is 0 Å². The van der Waals surface area contributed by atoms with Crippen molar-refractivity contribution in [3.05, 3.63) is 77.4 Å². The van der Waals surface area contributed by atoms with Crippen molar-refractivity contribution >= 4 is 23.2 Å². The molecule has 3 heterocycles. The Balaban J connectivity index is 1.55. The Hall–Kier alpha value is -2.99. The molecular weight excluding hydrogens is 406 g/mol. The van der Waals surface area contributed by atoms with Gasteiger partial charge in [0, 0.05) is 37.4 Å². The van der Waals surface area contributed by atoms with E-state index in [0.29, 0.717) is 25.9 Å². The van der Waals surface area contributed by atoms with Crippen LogP contribution < -0.4 is 5.32 Å². The van der Waals surface area contributed by atoms with Crippen LogP contribution in [0.3, 0.4) is 0 Å². The van der Waals surface area contributed by atoms with Crippen molar-refractivity contribution in [2.24, 2.45) is 5.41 Å². The Bertz CT molecular complexity index is 1040. The molecule has 31 heavy (non-hydrogen) atoms. The quantitative estimate of drug-likeness (QED) is 0.640. The predicted octanol–water partition coefficient (Wildman–Crippen LogP) is 3.95. The lowest BCUT2D eigenvalue weighted by Crippen LogP contribution is -2.54. The first-order chi connectivity index (χ1) is 15.1. The second-order valence-electron chi connectivity index (χ2n) is 8.17. The fourth-order valence-electron chi connectivity index (χ4n) is 4.48. The molecule has 3 aromatic rings. The van der Waals surface area contributed by atoms with Crippen LogP contribution in [0.2, 0.25) is 0 Å². The molecule has 1 aliphatic rings. The molecule has 1 aliphatic heterocycles. The number of benzene rings is 1. The van der Waals surface area contributed by atoms with Gasteiger partial charge < -0.3 is 10.2 Å². The number of nitrogens with one attached hydrogen (secondary N) is 1. The Morgan fingerprint density at radius 2 is 2.03 bits per heavy atom. The van der Waals surface area contributed by atoms with Gasteiger partial charge >= 0.3 is 0 Å². The molecule has 1 atom stereocenters. The third kappa shape index (κ3) is 4.85. The van der Waals surface area contributed by atoms with Crippen LogP contribution in [-0.2, 0) is 22.4 Å². The fourth-order valence-corrected chi connectivity index (χ4v) is 5.20. The summed E-state index contributed by atoms with van der Waals surface area (Å²) >= 11 is 1.71. The molecule has 1 N–H and O–H groups in total. The van der Waals surface area contributed by atoms with Crippen LogP contribution in [-0.4, -0.2) is 41.8 Å². The summed E-state index contributed by atoms with van der Waals surface area (Å²) in [5, 5.41) is 4.93. The van der Waals surface area contributed by atoms with Gasteiger partial charge in [-0.25, -0.2) is 0 Å². The fraction of sp³-hybridized carbons (Fsp3) is 0.320. The van der Waals surface area contributed by atoms with E-state index in [4.69, 9.17) is 0 Å². The lowest BCUT2D eigenvalue weighted by atomic mass is 9.74. The molecule has 6 heteroatoms. The minimum atomic E-state index is -0.619. The number of rotatable bonds is 6.